The first-order chi connectivity index (χ1) is 6.18. The van der Waals surface area contributed by atoms with Gasteiger partial charge in [0, 0.05) is 13.1 Å². The Morgan fingerprint density at radius 3 is 2.77 bits per heavy atom. The minimum absolute atomic E-state index is 0.0732. The summed E-state index contributed by atoms with van der Waals surface area (Å²) in [7, 11) is 1.47. The van der Waals surface area contributed by atoms with E-state index in [0.717, 1.165) is 26.1 Å². The van der Waals surface area contributed by atoms with Gasteiger partial charge < -0.3 is 9.64 Å². The van der Waals surface area contributed by atoms with E-state index in [9.17, 15) is 4.79 Å². The number of rotatable bonds is 3. The maximum atomic E-state index is 11.6. The lowest BCUT2D eigenvalue weighted by Gasteiger charge is -2.23. The zero-order valence-corrected chi connectivity index (χ0v) is 9.32. The van der Waals surface area contributed by atoms with Crippen molar-refractivity contribution in [1.82, 2.24) is 4.90 Å². The van der Waals surface area contributed by atoms with Gasteiger partial charge in [0.25, 0.3) is 0 Å². The second-order valence-corrected chi connectivity index (χ2v) is 4.50. The van der Waals surface area contributed by atoms with Crippen LogP contribution in [0.4, 0.5) is 0 Å². The summed E-state index contributed by atoms with van der Waals surface area (Å²) in [5.41, 5.74) is 0. The van der Waals surface area contributed by atoms with E-state index >= 15 is 0 Å². The molecule has 0 radical (unpaired) electrons. The van der Waals surface area contributed by atoms with Gasteiger partial charge in [0.2, 0.25) is 0 Å². The van der Waals surface area contributed by atoms with Crippen LogP contribution in [-0.2, 0) is 9.53 Å². The van der Waals surface area contributed by atoms with Crippen molar-refractivity contribution in [2.24, 2.45) is 0 Å². The normalized spacial score (nSPS) is 29.2. The molecule has 0 amide bonds. The molecule has 4 heteroatoms. The minimum Gasteiger partial charge on any atom is -0.468 e. The average Bonchev–Trinajstić information content (AvgIpc) is 2.61. The van der Waals surface area contributed by atoms with Crippen LogP contribution in [-0.4, -0.2) is 48.6 Å². The Balaban J connectivity index is 2.67. The number of esters is 1. The van der Waals surface area contributed by atoms with E-state index in [0.29, 0.717) is 0 Å². The molecular weight excluding hydrogens is 186 g/mol. The topological polar surface area (TPSA) is 29.5 Å². The van der Waals surface area contributed by atoms with Crippen LogP contribution in [0, 0.1) is 0 Å². The number of carbonyl (C=O) groups is 1. The molecule has 0 bridgehead atoms. The second kappa shape index (κ2) is 4.33. The molecule has 76 valence electrons. The molecule has 0 aromatic heterocycles. The summed E-state index contributed by atoms with van der Waals surface area (Å²) in [6, 6.07) is 0. The molecule has 0 aliphatic carbocycles. The molecule has 13 heavy (non-hydrogen) atoms. The fourth-order valence-electron chi connectivity index (χ4n) is 1.73. The van der Waals surface area contributed by atoms with Crippen molar-refractivity contribution in [3.05, 3.63) is 0 Å². The largest absolute Gasteiger partial charge is 0.468 e. The molecule has 0 aromatic carbocycles. The van der Waals surface area contributed by atoms with Crippen molar-refractivity contribution in [2.45, 2.75) is 18.1 Å². The Kier molecular flexibility index (Phi) is 3.62. The van der Waals surface area contributed by atoms with E-state index < -0.39 is 0 Å². The van der Waals surface area contributed by atoms with Gasteiger partial charge in [-0.25, -0.2) is 0 Å². The van der Waals surface area contributed by atoms with Crippen molar-refractivity contribution in [1.29, 1.82) is 0 Å². The van der Waals surface area contributed by atoms with Crippen LogP contribution in [0.5, 0.6) is 0 Å². The van der Waals surface area contributed by atoms with Crippen LogP contribution in [0.15, 0.2) is 0 Å². The van der Waals surface area contributed by atoms with Gasteiger partial charge in [0.1, 0.15) is 4.75 Å². The zero-order valence-electron chi connectivity index (χ0n) is 8.50. The number of thioether (sulfide) groups is 1. The van der Waals surface area contributed by atoms with Crippen LogP contribution in [0.1, 0.15) is 13.3 Å². The number of likely N-dealkylation sites (tertiary alicyclic amines) is 1. The summed E-state index contributed by atoms with van der Waals surface area (Å²) >= 11 is 1.62. The first-order valence-corrected chi connectivity index (χ1v) is 5.77. The van der Waals surface area contributed by atoms with Crippen molar-refractivity contribution >= 4 is 17.7 Å². The maximum absolute atomic E-state index is 11.6. The summed E-state index contributed by atoms with van der Waals surface area (Å²) in [4.78, 5) is 13.8. The van der Waals surface area contributed by atoms with Crippen molar-refractivity contribution in [3.8, 4) is 0 Å². The molecule has 3 nitrogen and oxygen atoms in total. The van der Waals surface area contributed by atoms with Crippen molar-refractivity contribution in [2.75, 3.05) is 33.0 Å². The maximum Gasteiger partial charge on any atom is 0.323 e. The fraction of sp³-hybridized carbons (Fsp3) is 0.889. The van der Waals surface area contributed by atoms with Gasteiger partial charge in [-0.15, -0.1) is 11.8 Å². The molecule has 1 saturated heterocycles. The Morgan fingerprint density at radius 2 is 2.38 bits per heavy atom. The van der Waals surface area contributed by atoms with E-state index in [4.69, 9.17) is 4.74 Å². The van der Waals surface area contributed by atoms with E-state index in [1.165, 1.54) is 7.11 Å². The Bertz CT molecular complexity index is 198. The molecule has 1 rings (SSSR count). The number of methoxy groups -OCH3 is 1. The summed E-state index contributed by atoms with van der Waals surface area (Å²) in [6.07, 6.45) is 2.89. The molecule has 1 unspecified atom stereocenters. The molecule has 1 fully saturated rings. The van der Waals surface area contributed by atoms with E-state index in [-0.39, 0.29) is 10.7 Å². The minimum atomic E-state index is -0.301. The number of nitrogens with zero attached hydrogens (tertiary/aromatic N) is 1. The van der Waals surface area contributed by atoms with Crippen LogP contribution in [0.25, 0.3) is 0 Å². The van der Waals surface area contributed by atoms with Gasteiger partial charge in [0.15, 0.2) is 0 Å². The lowest BCUT2D eigenvalue weighted by molar-refractivity contribution is -0.143. The molecule has 0 saturated carbocycles. The van der Waals surface area contributed by atoms with E-state index in [2.05, 4.69) is 11.8 Å². The van der Waals surface area contributed by atoms with Gasteiger partial charge in [-0.05, 0) is 19.2 Å². The molecule has 1 heterocycles. The Labute approximate surface area is 83.8 Å². The van der Waals surface area contributed by atoms with Gasteiger partial charge in [0.05, 0.1) is 7.11 Å². The first-order valence-electron chi connectivity index (χ1n) is 4.54. The summed E-state index contributed by atoms with van der Waals surface area (Å²) in [5.74, 6) is -0.0732. The standard InChI is InChI=1S/C9H17NO2S/c1-4-10-6-5-9(7-10,13-3)8(11)12-2/h4-7H2,1-3H3. The highest BCUT2D eigenvalue weighted by Gasteiger charge is 2.44. The lowest BCUT2D eigenvalue weighted by atomic mass is 10.1. The second-order valence-electron chi connectivity index (χ2n) is 3.31. The van der Waals surface area contributed by atoms with Crippen LogP contribution in [0.2, 0.25) is 0 Å². The fourth-order valence-corrected chi connectivity index (χ4v) is 2.59. The number of ether oxygens (including phenoxy) is 1. The van der Waals surface area contributed by atoms with Crippen molar-refractivity contribution in [3.63, 3.8) is 0 Å². The first kappa shape index (κ1) is 10.9. The predicted molar refractivity (Wildman–Crippen MR) is 55.0 cm³/mol. The molecule has 0 aromatic rings. The summed E-state index contributed by atoms with van der Waals surface area (Å²) in [5, 5.41) is 0. The van der Waals surface area contributed by atoms with Crippen molar-refractivity contribution < 1.29 is 9.53 Å². The average molecular weight is 203 g/mol. The van der Waals surface area contributed by atoms with Gasteiger partial charge >= 0.3 is 5.97 Å². The molecule has 0 N–H and O–H groups in total. The number of hydrogen-bond donors (Lipinski definition) is 0. The summed E-state index contributed by atoms with van der Waals surface area (Å²) < 4.78 is 4.53. The summed E-state index contributed by atoms with van der Waals surface area (Å²) in [6.45, 7) is 4.97. The van der Waals surface area contributed by atoms with Crippen LogP contribution in [0.3, 0.4) is 0 Å². The molecule has 1 atom stereocenters. The number of carbonyl (C=O) groups excluding carboxylic acids is 1. The van der Waals surface area contributed by atoms with Gasteiger partial charge in [-0.1, -0.05) is 6.92 Å². The quantitative estimate of drug-likeness (QED) is 0.640. The van der Waals surface area contributed by atoms with Crippen LogP contribution < -0.4 is 0 Å². The molecular formula is C9H17NO2S. The van der Waals surface area contributed by atoms with Gasteiger partial charge in [-0.2, -0.15) is 0 Å². The monoisotopic (exact) mass is 203 g/mol. The third-order valence-corrected chi connectivity index (χ3v) is 3.99. The lowest BCUT2D eigenvalue weighted by Crippen LogP contribution is -2.39. The smallest absolute Gasteiger partial charge is 0.323 e. The van der Waals surface area contributed by atoms with Crippen LogP contribution >= 0.6 is 11.8 Å². The zero-order chi connectivity index (χ0) is 9.90. The molecule has 1 aliphatic rings. The highest BCUT2D eigenvalue weighted by Crippen LogP contribution is 2.34. The third-order valence-electron chi connectivity index (χ3n) is 2.71. The Hall–Kier alpha value is -0.220. The SMILES string of the molecule is CCN1CCC(SC)(C(=O)OC)C1. The van der Waals surface area contributed by atoms with Gasteiger partial charge in [-0.3, -0.25) is 4.79 Å². The van der Waals surface area contributed by atoms with E-state index in [1.807, 2.05) is 6.26 Å². The van der Waals surface area contributed by atoms with E-state index in [1.54, 1.807) is 11.8 Å². The molecule has 0 spiro atoms. The Morgan fingerprint density at radius 1 is 1.69 bits per heavy atom. The predicted octanol–water partition coefficient (Wildman–Crippen LogP) is 0.987. The third kappa shape index (κ3) is 1.99. The molecule has 1 aliphatic heterocycles. The highest BCUT2D eigenvalue weighted by molar-refractivity contribution is 8.00. The highest BCUT2D eigenvalue weighted by atomic mass is 32.2. The number of hydrogen-bond acceptors (Lipinski definition) is 4.